The lowest BCUT2D eigenvalue weighted by atomic mass is 9.44. The summed E-state index contributed by atoms with van der Waals surface area (Å²) in [6.45, 7) is 10.3. The number of ether oxygens (including phenoxy) is 10. The lowest BCUT2D eigenvalue weighted by molar-refractivity contribution is -0.346. The molecule has 3 aliphatic carbocycles. The molecule has 1 aliphatic heterocycles. The van der Waals surface area contributed by atoms with E-state index >= 15 is 4.79 Å². The largest absolute Gasteiger partial charge is 0.461 e. The number of nitrogens with one attached hydrogen (secondary N) is 1. The van der Waals surface area contributed by atoms with E-state index in [1.54, 1.807) is 92.7 Å². The highest BCUT2D eigenvalue weighted by molar-refractivity contribution is 5.96. The standard InChI is InChI=1S/C58H72N2O19/c1-35-41(76-54(68)47(64)46(38-16-10-7-11-17-38)60-52(66)39-18-12-8-13-19-39)33-58(69)51(78-53(67)40-20-14-9-15-21-40)49-56(6,50(65)48(75-36(2)61)45(35)55(58,4)5)42(32-43-57(49,34-74-43)79-37(3)62)77-44(63)22-24-70-26-28-72-30-31-73-29-27-71-25-23-59/h7-21,41-43,46-49,51,64,69H,22-34,59H2,1-6H3,(H,60,66)/t41-,42-,43+,46-,47+,48+,49-,51-,56+,57-,58+/m0/s1. The molecule has 7 rings (SSSR count). The molecule has 0 unspecified atom stereocenters. The van der Waals surface area contributed by atoms with Crippen LogP contribution in [0.15, 0.2) is 102 Å². The zero-order chi connectivity index (χ0) is 57.1. The summed E-state index contributed by atoms with van der Waals surface area (Å²) in [5, 5.41) is 28.8. The van der Waals surface area contributed by atoms with Gasteiger partial charge in [-0.15, -0.1) is 0 Å². The molecular weight excluding hydrogens is 1030 g/mol. The number of esters is 5. The normalized spacial score (nSPS) is 27.5. The van der Waals surface area contributed by atoms with E-state index in [-0.39, 0.29) is 68.1 Å². The highest BCUT2D eigenvalue weighted by Gasteiger charge is 2.79. The number of ketones is 1. The van der Waals surface area contributed by atoms with E-state index in [0.717, 1.165) is 13.8 Å². The van der Waals surface area contributed by atoms with Crippen molar-refractivity contribution < 1.29 is 91.1 Å². The molecule has 0 radical (unpaired) electrons. The van der Waals surface area contributed by atoms with E-state index in [1.165, 1.54) is 26.0 Å². The number of nitrogens with two attached hydrogens (primary N) is 1. The Labute approximate surface area is 458 Å². The third-order valence-electron chi connectivity index (χ3n) is 15.5. The lowest BCUT2D eigenvalue weighted by Crippen LogP contribution is -2.82. The van der Waals surface area contributed by atoms with Gasteiger partial charge in [0.2, 0.25) is 0 Å². The van der Waals surface area contributed by atoms with Crippen LogP contribution in [0.25, 0.3) is 0 Å². The van der Waals surface area contributed by atoms with E-state index in [4.69, 9.17) is 53.1 Å². The third-order valence-corrected chi connectivity index (χ3v) is 15.5. The molecule has 2 saturated carbocycles. The number of amides is 1. The SMILES string of the molecule is CC(=O)O[C@H]1C(=O)[C@]2(C)[C@@H](OC(=O)CCOCCOCCOCCOCCN)C[C@H]3OC[C@@]3(OC(C)=O)[C@H]2[C@H](OC(=O)c2ccccc2)[C@]2(O)C[C@H](OC(=O)[C@H](O)[C@@H](NC(=O)c3ccccc3)c3ccccc3)C(C)=C1C2(C)C. The number of fused-ring (bicyclic) bond motifs is 5. The number of Topliss-reactive ketones (excluding diaryl/α,β-unsaturated/α-hetero) is 1. The highest BCUT2D eigenvalue weighted by atomic mass is 16.6. The summed E-state index contributed by atoms with van der Waals surface area (Å²) in [5.74, 6) is -8.00. The second-order valence-corrected chi connectivity index (χ2v) is 20.8. The molecule has 428 valence electrons. The Bertz CT molecular complexity index is 2670. The predicted octanol–water partition coefficient (Wildman–Crippen LogP) is 3.70. The maximum Gasteiger partial charge on any atom is 0.338 e. The van der Waals surface area contributed by atoms with Gasteiger partial charge in [-0.2, -0.15) is 0 Å². The van der Waals surface area contributed by atoms with Crippen LogP contribution in [0, 0.1) is 16.7 Å². The highest BCUT2D eigenvalue weighted by Crippen LogP contribution is 2.65. The van der Waals surface area contributed by atoms with Crippen LogP contribution in [-0.4, -0.2) is 166 Å². The number of carbonyl (C=O) groups excluding carboxylic acids is 7. The van der Waals surface area contributed by atoms with Crippen LogP contribution in [0.4, 0.5) is 0 Å². The second kappa shape index (κ2) is 26.2. The molecule has 4 aliphatic rings. The van der Waals surface area contributed by atoms with Gasteiger partial charge in [-0.3, -0.25) is 24.0 Å². The van der Waals surface area contributed by atoms with E-state index in [1.807, 2.05) is 0 Å². The van der Waals surface area contributed by atoms with Crippen LogP contribution in [0.1, 0.15) is 93.1 Å². The fourth-order valence-electron chi connectivity index (χ4n) is 11.6. The molecule has 0 spiro atoms. The van der Waals surface area contributed by atoms with Gasteiger partial charge in [0.25, 0.3) is 5.91 Å². The van der Waals surface area contributed by atoms with E-state index < -0.39 is 119 Å². The number of aliphatic hydroxyl groups is 2. The van der Waals surface area contributed by atoms with Crippen LogP contribution in [-0.2, 0) is 71.3 Å². The zero-order valence-electron chi connectivity index (χ0n) is 45.4. The van der Waals surface area contributed by atoms with Crippen LogP contribution in [0.2, 0.25) is 0 Å². The van der Waals surface area contributed by atoms with Gasteiger partial charge in [0.1, 0.15) is 30.0 Å². The molecule has 0 aromatic heterocycles. The van der Waals surface area contributed by atoms with Gasteiger partial charge in [-0.25, -0.2) is 9.59 Å². The third kappa shape index (κ3) is 12.9. The van der Waals surface area contributed by atoms with Crippen LogP contribution in [0.3, 0.4) is 0 Å². The first-order valence-corrected chi connectivity index (χ1v) is 26.4. The molecule has 11 atom stereocenters. The Hall–Kier alpha value is -6.43. The van der Waals surface area contributed by atoms with Gasteiger partial charge >= 0.3 is 29.8 Å². The average Bonchev–Trinajstić information content (AvgIpc) is 2.20. The Balaban J connectivity index is 1.27. The molecule has 1 saturated heterocycles. The number of aliphatic hydroxyl groups excluding tert-OH is 1. The number of benzene rings is 3. The summed E-state index contributed by atoms with van der Waals surface area (Å²) in [6, 6.07) is 22.8. The lowest BCUT2D eigenvalue weighted by Gasteiger charge is -2.67. The van der Waals surface area contributed by atoms with Crippen LogP contribution in [0.5, 0.6) is 0 Å². The van der Waals surface area contributed by atoms with Crippen molar-refractivity contribution in [1.29, 1.82) is 0 Å². The number of hydrogen-bond acceptors (Lipinski definition) is 20. The summed E-state index contributed by atoms with van der Waals surface area (Å²) in [6.07, 6.45) is -11.3. The molecule has 21 heteroatoms. The molecule has 3 aromatic carbocycles. The van der Waals surface area contributed by atoms with Crippen molar-refractivity contribution in [3.05, 3.63) is 119 Å². The van der Waals surface area contributed by atoms with Crippen molar-refractivity contribution in [2.45, 2.75) is 115 Å². The fraction of sp³-hybridized carbons (Fsp3) is 0.534. The van der Waals surface area contributed by atoms with E-state index in [0.29, 0.717) is 38.5 Å². The maximum absolute atomic E-state index is 16.3. The summed E-state index contributed by atoms with van der Waals surface area (Å²) in [7, 11) is 0. The Kier molecular flexibility index (Phi) is 20.0. The molecule has 1 heterocycles. The maximum atomic E-state index is 16.3. The Morgan fingerprint density at radius 2 is 1.29 bits per heavy atom. The molecule has 3 aromatic rings. The van der Waals surface area contributed by atoms with Gasteiger partial charge in [0.05, 0.1) is 88.8 Å². The zero-order valence-corrected chi connectivity index (χ0v) is 45.4. The molecule has 3 fully saturated rings. The minimum Gasteiger partial charge on any atom is -0.461 e. The second-order valence-electron chi connectivity index (χ2n) is 20.8. The molecular formula is C58H72N2O19. The first-order chi connectivity index (χ1) is 37.7. The van der Waals surface area contributed by atoms with Gasteiger partial charge < -0.3 is 68.6 Å². The van der Waals surface area contributed by atoms with Crippen LogP contribution >= 0.6 is 0 Å². The summed E-state index contributed by atoms with van der Waals surface area (Å²) in [4.78, 5) is 100.0. The van der Waals surface area contributed by atoms with Gasteiger partial charge in [0, 0.05) is 44.2 Å². The number of hydrogen-bond donors (Lipinski definition) is 4. The Morgan fingerprint density at radius 3 is 1.84 bits per heavy atom. The molecule has 5 N–H and O–H groups in total. The first kappa shape index (κ1) is 60.2. The molecule has 21 nitrogen and oxygen atoms in total. The summed E-state index contributed by atoms with van der Waals surface area (Å²) < 4.78 is 59.3. The van der Waals surface area contributed by atoms with E-state index in [2.05, 4.69) is 5.32 Å². The molecule has 1 amide bonds. The topological polar surface area (TPSA) is 290 Å². The van der Waals surface area contributed by atoms with Gasteiger partial charge in [0.15, 0.2) is 23.6 Å². The predicted molar refractivity (Wildman–Crippen MR) is 279 cm³/mol. The van der Waals surface area contributed by atoms with Crippen molar-refractivity contribution in [1.82, 2.24) is 5.32 Å². The quantitative estimate of drug-likeness (QED) is 0.0407. The van der Waals surface area contributed by atoms with Crippen LogP contribution < -0.4 is 11.1 Å². The first-order valence-electron chi connectivity index (χ1n) is 26.4. The fourth-order valence-corrected chi connectivity index (χ4v) is 11.6. The molecule has 79 heavy (non-hydrogen) atoms. The monoisotopic (exact) mass is 1100 g/mol. The van der Waals surface area contributed by atoms with Crippen molar-refractivity contribution in [3.63, 3.8) is 0 Å². The number of rotatable bonds is 25. The van der Waals surface area contributed by atoms with Crippen molar-refractivity contribution in [3.8, 4) is 0 Å². The van der Waals surface area contributed by atoms with Crippen molar-refractivity contribution in [2.24, 2.45) is 22.5 Å². The minimum atomic E-state index is -2.49. The minimum absolute atomic E-state index is 0.0276. The van der Waals surface area contributed by atoms with Gasteiger partial charge in [-0.05, 0) is 54.8 Å². The Morgan fingerprint density at radius 1 is 0.734 bits per heavy atom. The van der Waals surface area contributed by atoms with Gasteiger partial charge in [-0.1, -0.05) is 80.6 Å². The van der Waals surface area contributed by atoms with Crippen molar-refractivity contribution >= 4 is 41.5 Å². The van der Waals surface area contributed by atoms with Crippen molar-refractivity contribution in [2.75, 3.05) is 66.0 Å². The van der Waals surface area contributed by atoms with E-state index in [9.17, 15) is 39.0 Å². The molecule has 2 bridgehead atoms. The summed E-state index contributed by atoms with van der Waals surface area (Å²) in [5.41, 5.74) is -2.20. The average molecular weight is 1100 g/mol. The smallest absolute Gasteiger partial charge is 0.338 e. The number of carbonyl (C=O) groups is 7. The summed E-state index contributed by atoms with van der Waals surface area (Å²) >= 11 is 0.